The normalized spacial score (nSPS) is 14.5. The Morgan fingerprint density at radius 3 is 2.38 bits per heavy atom. The molecular weight excluding hydrogens is 564 g/mol. The molecule has 4 amide bonds. The number of ether oxygens (including phenoxy) is 3. The summed E-state index contributed by atoms with van der Waals surface area (Å²) < 4.78 is 17.8. The molecule has 37 heavy (non-hydrogen) atoms. The van der Waals surface area contributed by atoms with Gasteiger partial charge in [0.2, 0.25) is 0 Å². The van der Waals surface area contributed by atoms with E-state index in [1.807, 2.05) is 31.2 Å². The average molecular weight is 586 g/mol. The van der Waals surface area contributed by atoms with Crippen LogP contribution in [-0.4, -0.2) is 38.2 Å². The third-order valence-electron chi connectivity index (χ3n) is 5.43. The second-order valence-corrected chi connectivity index (χ2v) is 9.25. The van der Waals surface area contributed by atoms with Crippen LogP contribution in [0.2, 0.25) is 5.02 Å². The van der Waals surface area contributed by atoms with Crippen molar-refractivity contribution in [2.45, 2.75) is 6.92 Å². The number of carbonyl (C=O) groups excluding carboxylic acids is 3. The van der Waals surface area contributed by atoms with E-state index in [0.29, 0.717) is 22.7 Å². The van der Waals surface area contributed by atoms with Gasteiger partial charge in [0.05, 0.1) is 17.8 Å². The van der Waals surface area contributed by atoms with Gasteiger partial charge in [-0.1, -0.05) is 45.7 Å². The Bertz CT molecular complexity index is 1390. The molecule has 0 spiro atoms. The molecule has 1 N–H and O–H groups in total. The first-order valence-corrected chi connectivity index (χ1v) is 12.3. The van der Waals surface area contributed by atoms with E-state index in [4.69, 9.17) is 25.8 Å². The fraction of sp³-hybridized carbons (Fsp3) is 0.148. The zero-order chi connectivity index (χ0) is 26.5. The second-order valence-electron chi connectivity index (χ2n) is 7.93. The standard InChI is InChI=1S/C27H22BrClN2O6/c1-16-5-3-4-6-22(16)36-11-12-37-24-21(29)14-17(15-23(24)35-2)13-20-25(32)30-27(34)31(26(20)33)19-9-7-18(28)8-10-19/h3-10,13-15H,11-12H2,1-2H3,(H,30,32,34). The number of amides is 4. The highest BCUT2D eigenvalue weighted by Gasteiger charge is 2.36. The molecular formula is C27H22BrClN2O6. The minimum absolute atomic E-state index is 0.204. The fourth-order valence-corrected chi connectivity index (χ4v) is 4.16. The first kappa shape index (κ1) is 26.2. The number of hydrogen-bond acceptors (Lipinski definition) is 6. The van der Waals surface area contributed by atoms with Gasteiger partial charge in [0.25, 0.3) is 11.8 Å². The molecule has 8 nitrogen and oxygen atoms in total. The summed E-state index contributed by atoms with van der Waals surface area (Å²) in [5, 5.41) is 2.41. The number of anilines is 1. The summed E-state index contributed by atoms with van der Waals surface area (Å²) in [6, 6.07) is 16.5. The van der Waals surface area contributed by atoms with E-state index < -0.39 is 17.8 Å². The number of imide groups is 2. The van der Waals surface area contributed by atoms with Crippen LogP contribution in [-0.2, 0) is 9.59 Å². The Hall–Kier alpha value is -3.82. The van der Waals surface area contributed by atoms with Gasteiger partial charge < -0.3 is 14.2 Å². The maximum Gasteiger partial charge on any atom is 0.335 e. The molecule has 0 unspecified atom stereocenters. The van der Waals surface area contributed by atoms with Crippen molar-refractivity contribution in [3.63, 3.8) is 0 Å². The van der Waals surface area contributed by atoms with Gasteiger partial charge in [-0.25, -0.2) is 9.69 Å². The summed E-state index contributed by atoms with van der Waals surface area (Å²) in [7, 11) is 1.45. The Labute approximate surface area is 226 Å². The zero-order valence-corrected chi connectivity index (χ0v) is 22.3. The van der Waals surface area contributed by atoms with Gasteiger partial charge in [0.1, 0.15) is 24.5 Å². The first-order valence-electron chi connectivity index (χ1n) is 11.1. The highest BCUT2D eigenvalue weighted by atomic mass is 79.9. The Morgan fingerprint density at radius 2 is 1.68 bits per heavy atom. The van der Waals surface area contributed by atoms with Gasteiger partial charge in [0.15, 0.2) is 11.5 Å². The van der Waals surface area contributed by atoms with E-state index in [-0.39, 0.29) is 23.8 Å². The predicted molar refractivity (Wildman–Crippen MR) is 143 cm³/mol. The van der Waals surface area contributed by atoms with Crippen molar-refractivity contribution in [3.05, 3.63) is 86.9 Å². The molecule has 3 aromatic rings. The number of nitrogens with zero attached hydrogens (tertiary/aromatic N) is 1. The number of halogens is 2. The van der Waals surface area contributed by atoms with E-state index in [1.54, 1.807) is 30.3 Å². The molecule has 4 rings (SSSR count). The molecule has 0 radical (unpaired) electrons. The molecule has 0 saturated carbocycles. The van der Waals surface area contributed by atoms with Gasteiger partial charge in [-0.15, -0.1) is 0 Å². The fourth-order valence-electron chi connectivity index (χ4n) is 3.63. The van der Waals surface area contributed by atoms with Crippen LogP contribution in [0.1, 0.15) is 11.1 Å². The third-order valence-corrected chi connectivity index (χ3v) is 6.24. The van der Waals surface area contributed by atoms with Gasteiger partial charge in [-0.2, -0.15) is 0 Å². The van der Waals surface area contributed by atoms with Crippen molar-refractivity contribution < 1.29 is 28.6 Å². The summed E-state index contributed by atoms with van der Waals surface area (Å²) >= 11 is 9.77. The number of barbiturate groups is 1. The third kappa shape index (κ3) is 5.95. The quantitative estimate of drug-likeness (QED) is 0.212. The van der Waals surface area contributed by atoms with Crippen LogP contribution in [0.5, 0.6) is 17.2 Å². The number of hydrogen-bond donors (Lipinski definition) is 1. The van der Waals surface area contributed by atoms with Crippen molar-refractivity contribution in [1.29, 1.82) is 0 Å². The van der Waals surface area contributed by atoms with E-state index >= 15 is 0 Å². The van der Waals surface area contributed by atoms with Crippen molar-refractivity contribution >= 4 is 57.1 Å². The molecule has 3 aromatic carbocycles. The Kier molecular flexibility index (Phi) is 8.15. The number of methoxy groups -OCH3 is 1. The largest absolute Gasteiger partial charge is 0.493 e. The predicted octanol–water partition coefficient (Wildman–Crippen LogP) is 5.54. The Morgan fingerprint density at radius 1 is 0.973 bits per heavy atom. The number of aryl methyl sites for hydroxylation is 1. The van der Waals surface area contributed by atoms with Crippen molar-refractivity contribution in [3.8, 4) is 17.2 Å². The maximum absolute atomic E-state index is 13.1. The lowest BCUT2D eigenvalue weighted by Crippen LogP contribution is -2.54. The van der Waals surface area contributed by atoms with Crippen LogP contribution < -0.4 is 24.4 Å². The average Bonchev–Trinajstić information content (AvgIpc) is 2.87. The van der Waals surface area contributed by atoms with Crippen LogP contribution >= 0.6 is 27.5 Å². The van der Waals surface area contributed by atoms with Gasteiger partial charge >= 0.3 is 6.03 Å². The number of carbonyl (C=O) groups is 3. The first-order chi connectivity index (χ1) is 17.8. The van der Waals surface area contributed by atoms with Crippen LogP contribution in [0.15, 0.2) is 70.7 Å². The number of urea groups is 1. The number of rotatable bonds is 8. The van der Waals surface area contributed by atoms with Gasteiger partial charge in [-0.3, -0.25) is 14.9 Å². The Balaban J connectivity index is 1.53. The van der Waals surface area contributed by atoms with Crippen molar-refractivity contribution in [2.75, 3.05) is 25.2 Å². The van der Waals surface area contributed by atoms with Crippen LogP contribution in [0.4, 0.5) is 10.5 Å². The topological polar surface area (TPSA) is 94.2 Å². The van der Waals surface area contributed by atoms with Crippen molar-refractivity contribution in [2.24, 2.45) is 0 Å². The highest BCUT2D eigenvalue weighted by molar-refractivity contribution is 9.10. The molecule has 0 aliphatic carbocycles. The number of para-hydroxylation sites is 1. The molecule has 190 valence electrons. The molecule has 1 aliphatic rings. The monoisotopic (exact) mass is 584 g/mol. The summed E-state index contributed by atoms with van der Waals surface area (Å²) in [6.45, 7) is 2.44. The summed E-state index contributed by atoms with van der Waals surface area (Å²) in [5.74, 6) is -0.213. The maximum atomic E-state index is 13.1. The van der Waals surface area contributed by atoms with Crippen LogP contribution in [0.25, 0.3) is 6.08 Å². The highest BCUT2D eigenvalue weighted by Crippen LogP contribution is 2.37. The van der Waals surface area contributed by atoms with Gasteiger partial charge in [0, 0.05) is 4.47 Å². The van der Waals surface area contributed by atoms with E-state index in [1.165, 1.54) is 19.3 Å². The molecule has 1 aliphatic heterocycles. The number of benzene rings is 3. The lowest BCUT2D eigenvalue weighted by molar-refractivity contribution is -0.122. The van der Waals surface area contributed by atoms with Crippen molar-refractivity contribution in [1.82, 2.24) is 5.32 Å². The molecule has 1 fully saturated rings. The summed E-state index contributed by atoms with van der Waals surface area (Å²) in [5.41, 5.74) is 1.50. The second kappa shape index (κ2) is 11.5. The number of nitrogens with one attached hydrogen (secondary N) is 1. The smallest absolute Gasteiger partial charge is 0.335 e. The molecule has 1 saturated heterocycles. The molecule has 0 bridgehead atoms. The SMILES string of the molecule is COc1cc(C=C2C(=O)NC(=O)N(c3ccc(Br)cc3)C2=O)cc(Cl)c1OCCOc1ccccc1C. The molecule has 0 aromatic heterocycles. The summed E-state index contributed by atoms with van der Waals surface area (Å²) in [4.78, 5) is 38.9. The minimum Gasteiger partial charge on any atom is -0.493 e. The molecule has 10 heteroatoms. The summed E-state index contributed by atoms with van der Waals surface area (Å²) in [6.07, 6.45) is 1.34. The van der Waals surface area contributed by atoms with E-state index in [2.05, 4.69) is 21.2 Å². The van der Waals surface area contributed by atoms with E-state index in [0.717, 1.165) is 20.7 Å². The van der Waals surface area contributed by atoms with Gasteiger partial charge in [-0.05, 0) is 66.6 Å². The van der Waals surface area contributed by atoms with Crippen LogP contribution in [0.3, 0.4) is 0 Å². The lowest BCUT2D eigenvalue weighted by Gasteiger charge is -2.26. The molecule has 1 heterocycles. The van der Waals surface area contributed by atoms with Crippen LogP contribution in [0, 0.1) is 6.92 Å². The van der Waals surface area contributed by atoms with E-state index in [9.17, 15) is 14.4 Å². The minimum atomic E-state index is -0.832. The molecule has 0 atom stereocenters. The lowest BCUT2D eigenvalue weighted by atomic mass is 10.1. The zero-order valence-electron chi connectivity index (χ0n) is 19.9.